The number of halogens is 1. The molecule has 2 atom stereocenters. The van der Waals surface area contributed by atoms with E-state index in [1.54, 1.807) is 30.2 Å². The van der Waals surface area contributed by atoms with Crippen molar-refractivity contribution in [2.45, 2.75) is 75.9 Å². The maximum absolute atomic E-state index is 13.5. The van der Waals surface area contributed by atoms with Crippen LogP contribution in [0.4, 0.5) is 0 Å². The van der Waals surface area contributed by atoms with Crippen LogP contribution in [0.3, 0.4) is 0 Å². The molecular formula is C23H29ClN6O2. The van der Waals surface area contributed by atoms with E-state index in [4.69, 9.17) is 11.6 Å². The topological polar surface area (TPSA) is 93.8 Å². The summed E-state index contributed by atoms with van der Waals surface area (Å²) < 4.78 is 3.61. The van der Waals surface area contributed by atoms with Crippen LogP contribution in [-0.2, 0) is 4.79 Å². The second kappa shape index (κ2) is 7.33. The van der Waals surface area contributed by atoms with E-state index in [-0.39, 0.29) is 23.4 Å². The fourth-order valence-electron chi connectivity index (χ4n) is 7.08. The van der Waals surface area contributed by atoms with E-state index in [0.717, 1.165) is 44.9 Å². The Hall–Kier alpha value is -2.35. The van der Waals surface area contributed by atoms with Crippen molar-refractivity contribution < 1.29 is 9.59 Å². The molecule has 5 aliphatic carbocycles. The molecule has 4 bridgehead atoms. The average molecular weight is 457 g/mol. The third-order valence-electron chi connectivity index (χ3n) is 8.21. The largest absolute Gasteiger partial charge is 0.351 e. The van der Waals surface area contributed by atoms with E-state index < -0.39 is 0 Å². The average Bonchev–Trinajstić information content (AvgIpc) is 3.28. The van der Waals surface area contributed by atoms with E-state index in [2.05, 4.69) is 20.8 Å². The van der Waals surface area contributed by atoms with Crippen LogP contribution in [0.5, 0.6) is 0 Å². The molecule has 2 unspecified atom stereocenters. The van der Waals surface area contributed by atoms with Gasteiger partial charge in [-0.2, -0.15) is 10.2 Å². The van der Waals surface area contributed by atoms with Crippen LogP contribution in [0.2, 0.25) is 5.02 Å². The van der Waals surface area contributed by atoms with Gasteiger partial charge in [0.05, 0.1) is 29.7 Å². The van der Waals surface area contributed by atoms with Crippen molar-refractivity contribution in [3.05, 3.63) is 29.2 Å². The molecule has 2 heterocycles. The molecule has 7 rings (SSSR count). The summed E-state index contributed by atoms with van der Waals surface area (Å²) >= 11 is 6.13. The highest BCUT2D eigenvalue weighted by atomic mass is 35.5. The maximum atomic E-state index is 13.5. The van der Waals surface area contributed by atoms with Gasteiger partial charge in [0.1, 0.15) is 5.56 Å². The minimum atomic E-state index is -0.0942. The third-order valence-corrected chi connectivity index (χ3v) is 8.41. The fourth-order valence-corrected chi connectivity index (χ4v) is 7.21. The Labute approximate surface area is 192 Å². The minimum Gasteiger partial charge on any atom is -0.351 e. The van der Waals surface area contributed by atoms with Gasteiger partial charge in [0.15, 0.2) is 5.82 Å². The van der Waals surface area contributed by atoms with Crippen molar-refractivity contribution in [2.75, 3.05) is 0 Å². The number of rotatable bonds is 5. The molecule has 32 heavy (non-hydrogen) atoms. The molecule has 5 fully saturated rings. The lowest BCUT2D eigenvalue weighted by atomic mass is 9.51. The second-order valence-electron chi connectivity index (χ2n) is 10.4. The highest BCUT2D eigenvalue weighted by molar-refractivity contribution is 6.30. The summed E-state index contributed by atoms with van der Waals surface area (Å²) in [6, 6.07) is 0.440. The van der Waals surface area contributed by atoms with Gasteiger partial charge in [-0.3, -0.25) is 9.59 Å². The molecule has 2 N–H and O–H groups in total. The van der Waals surface area contributed by atoms with Gasteiger partial charge in [-0.1, -0.05) is 11.6 Å². The number of carbonyl (C=O) groups excluding carboxylic acids is 2. The van der Waals surface area contributed by atoms with Crippen LogP contribution in [0, 0.1) is 17.8 Å². The lowest BCUT2D eigenvalue weighted by molar-refractivity contribution is -0.125. The van der Waals surface area contributed by atoms with Crippen molar-refractivity contribution in [1.29, 1.82) is 0 Å². The molecule has 0 saturated heterocycles. The zero-order chi connectivity index (χ0) is 22.0. The molecule has 0 aliphatic heterocycles. The van der Waals surface area contributed by atoms with E-state index >= 15 is 0 Å². The smallest absolute Gasteiger partial charge is 0.256 e. The quantitative estimate of drug-likeness (QED) is 0.722. The predicted molar refractivity (Wildman–Crippen MR) is 119 cm³/mol. The standard InChI is InChI=1S/C23H29ClN6O2/c1-13(31)28-23-7-14-5-15(8-23)20(16(6-14)9-23)27-21(32)19-11-26-30(18-3-2-4-18)22(19)29-12-17(24)10-25-29/h10-12,14-16,18,20H,2-9H2,1H3,(H,27,32)(H,28,31)/t14?,15?,16?,20-,23-. The van der Waals surface area contributed by atoms with Crippen LogP contribution < -0.4 is 10.6 Å². The van der Waals surface area contributed by atoms with E-state index in [0.29, 0.717) is 40.2 Å². The molecular weight excluding hydrogens is 428 g/mol. The zero-order valence-electron chi connectivity index (χ0n) is 18.3. The first-order chi connectivity index (χ1) is 15.4. The van der Waals surface area contributed by atoms with Gasteiger partial charge in [-0.15, -0.1) is 0 Å². The minimum absolute atomic E-state index is 0.0541. The Morgan fingerprint density at radius 1 is 1.12 bits per heavy atom. The number of carbonyl (C=O) groups is 2. The molecule has 9 heteroatoms. The third kappa shape index (κ3) is 3.26. The summed E-state index contributed by atoms with van der Waals surface area (Å²) in [5.74, 6) is 2.11. The van der Waals surface area contributed by atoms with Gasteiger partial charge in [0.25, 0.3) is 5.91 Å². The van der Waals surface area contributed by atoms with Crippen LogP contribution in [0.15, 0.2) is 18.6 Å². The van der Waals surface area contributed by atoms with E-state index in [1.807, 2.05) is 4.68 Å². The van der Waals surface area contributed by atoms with Gasteiger partial charge < -0.3 is 10.6 Å². The monoisotopic (exact) mass is 456 g/mol. The van der Waals surface area contributed by atoms with Crippen molar-refractivity contribution in [2.24, 2.45) is 17.8 Å². The van der Waals surface area contributed by atoms with Crippen molar-refractivity contribution in [3.63, 3.8) is 0 Å². The molecule has 5 aliphatic rings. The second-order valence-corrected chi connectivity index (χ2v) is 10.9. The lowest BCUT2D eigenvalue weighted by Gasteiger charge is -2.60. The number of amides is 2. The first-order valence-corrected chi connectivity index (χ1v) is 12.2. The van der Waals surface area contributed by atoms with Gasteiger partial charge in [-0.05, 0) is 69.1 Å². The molecule has 2 aromatic heterocycles. The predicted octanol–water partition coefficient (Wildman–Crippen LogP) is 3.26. The number of nitrogens with zero attached hydrogens (tertiary/aromatic N) is 4. The van der Waals surface area contributed by atoms with Crippen LogP contribution >= 0.6 is 11.6 Å². The van der Waals surface area contributed by atoms with Crippen molar-refractivity contribution in [1.82, 2.24) is 30.2 Å². The number of aromatic nitrogens is 4. The highest BCUT2D eigenvalue weighted by Gasteiger charge is 2.56. The van der Waals surface area contributed by atoms with Crippen molar-refractivity contribution in [3.8, 4) is 5.82 Å². The zero-order valence-corrected chi connectivity index (χ0v) is 19.0. The van der Waals surface area contributed by atoms with Crippen molar-refractivity contribution >= 4 is 23.4 Å². The summed E-state index contributed by atoms with van der Waals surface area (Å²) in [5, 5.41) is 16.1. The first-order valence-electron chi connectivity index (χ1n) is 11.8. The Bertz CT molecular complexity index is 1060. The summed E-state index contributed by atoms with van der Waals surface area (Å²) in [6.07, 6.45) is 13.5. The van der Waals surface area contributed by atoms with Gasteiger partial charge in [-0.25, -0.2) is 9.36 Å². The molecule has 2 amide bonds. The fraction of sp³-hybridized carbons (Fsp3) is 0.652. The molecule has 0 radical (unpaired) electrons. The highest BCUT2D eigenvalue weighted by Crippen LogP contribution is 2.55. The summed E-state index contributed by atoms with van der Waals surface area (Å²) in [4.78, 5) is 25.4. The number of nitrogens with one attached hydrogen (secondary N) is 2. The van der Waals surface area contributed by atoms with E-state index in [1.165, 1.54) is 6.42 Å². The number of hydrogen-bond donors (Lipinski definition) is 2. The first kappa shape index (κ1) is 20.3. The SMILES string of the molecule is CC(=O)N[C@]12CC3CC(C1)[C@@H](NC(=O)c1cnn(C4CCC4)c1-n1cc(Cl)cn1)C(C3)C2. The summed E-state index contributed by atoms with van der Waals surface area (Å²) in [5.41, 5.74) is 0.470. The molecule has 0 spiro atoms. The van der Waals surface area contributed by atoms with E-state index in [9.17, 15) is 9.59 Å². The van der Waals surface area contributed by atoms with Gasteiger partial charge in [0, 0.05) is 18.5 Å². The van der Waals surface area contributed by atoms with Crippen LogP contribution in [0.1, 0.15) is 74.7 Å². The Kier molecular flexibility index (Phi) is 4.65. The number of hydrogen-bond acceptors (Lipinski definition) is 4. The Morgan fingerprint density at radius 3 is 2.47 bits per heavy atom. The molecule has 0 aromatic carbocycles. The molecule has 8 nitrogen and oxygen atoms in total. The maximum Gasteiger partial charge on any atom is 0.256 e. The normalized spacial score (nSPS) is 33.2. The van der Waals surface area contributed by atoms with Gasteiger partial charge >= 0.3 is 0 Å². The van der Waals surface area contributed by atoms with Crippen LogP contribution in [0.25, 0.3) is 5.82 Å². The van der Waals surface area contributed by atoms with Gasteiger partial charge in [0.2, 0.25) is 5.91 Å². The van der Waals surface area contributed by atoms with Crippen LogP contribution in [-0.4, -0.2) is 43.0 Å². The Morgan fingerprint density at radius 2 is 1.88 bits per heavy atom. The summed E-state index contributed by atoms with van der Waals surface area (Å²) in [6.45, 7) is 1.61. The molecule has 2 aromatic rings. The molecule has 5 saturated carbocycles. The molecule has 170 valence electrons. The summed E-state index contributed by atoms with van der Waals surface area (Å²) in [7, 11) is 0. The lowest BCUT2D eigenvalue weighted by Crippen LogP contribution is -2.66. The Balaban J connectivity index is 1.27.